The number of carbonyl (C=O) groups is 2. The standard InChI is InChI=1S/C21H28ClN5O4S/c1-12-18(19(24)28)32-21(25-12)31-9-3-6-27-7-4-13(5-8-27)26-20(29)14-10-15(22)16(23)11-17(14)30-2/h10-11,13H,3-9,23H2,1-2H3,(H2,24,28)(H,26,29). The number of likely N-dealkylation sites (tertiary alicyclic amines) is 1. The Hall–Kier alpha value is -2.56. The third-order valence-electron chi connectivity index (χ3n) is 5.33. The molecule has 1 aliphatic rings. The van der Waals surface area contributed by atoms with Crippen LogP contribution in [0.3, 0.4) is 0 Å². The van der Waals surface area contributed by atoms with Crippen LogP contribution >= 0.6 is 22.9 Å². The molecule has 1 aliphatic heterocycles. The zero-order chi connectivity index (χ0) is 23.3. The number of nitrogen functional groups attached to an aromatic ring is 1. The van der Waals surface area contributed by atoms with E-state index in [1.165, 1.54) is 24.5 Å². The summed E-state index contributed by atoms with van der Waals surface area (Å²) in [5, 5.41) is 3.86. The van der Waals surface area contributed by atoms with Gasteiger partial charge in [-0.3, -0.25) is 9.59 Å². The van der Waals surface area contributed by atoms with Gasteiger partial charge in [0.15, 0.2) is 0 Å². The molecule has 32 heavy (non-hydrogen) atoms. The number of piperidine rings is 1. The molecule has 0 aliphatic carbocycles. The summed E-state index contributed by atoms with van der Waals surface area (Å²) in [7, 11) is 1.49. The summed E-state index contributed by atoms with van der Waals surface area (Å²) < 4.78 is 10.9. The molecule has 1 aromatic heterocycles. The van der Waals surface area contributed by atoms with E-state index in [2.05, 4.69) is 15.2 Å². The average molecular weight is 482 g/mol. The summed E-state index contributed by atoms with van der Waals surface area (Å²) in [4.78, 5) is 31.0. The minimum atomic E-state index is -0.484. The molecule has 3 rings (SSSR count). The predicted molar refractivity (Wildman–Crippen MR) is 125 cm³/mol. The van der Waals surface area contributed by atoms with Crippen LogP contribution in [0.4, 0.5) is 5.69 Å². The number of anilines is 1. The summed E-state index contributed by atoms with van der Waals surface area (Å²) in [6.07, 6.45) is 2.54. The van der Waals surface area contributed by atoms with Crippen LogP contribution in [0.25, 0.3) is 0 Å². The summed E-state index contributed by atoms with van der Waals surface area (Å²) in [6.45, 7) is 4.90. The number of thiazole rings is 1. The number of amides is 2. The molecular weight excluding hydrogens is 454 g/mol. The van der Waals surface area contributed by atoms with Crippen molar-refractivity contribution >= 4 is 40.4 Å². The molecule has 1 fully saturated rings. The van der Waals surface area contributed by atoms with Crippen molar-refractivity contribution in [2.75, 3.05) is 39.1 Å². The Morgan fingerprint density at radius 3 is 2.69 bits per heavy atom. The molecule has 0 radical (unpaired) electrons. The third-order valence-corrected chi connectivity index (χ3v) is 6.74. The van der Waals surface area contributed by atoms with Crippen molar-refractivity contribution in [1.29, 1.82) is 0 Å². The molecule has 1 aromatic carbocycles. The molecule has 9 nitrogen and oxygen atoms in total. The maximum absolute atomic E-state index is 12.7. The lowest BCUT2D eigenvalue weighted by atomic mass is 10.0. The molecule has 0 atom stereocenters. The number of primary amides is 1. The lowest BCUT2D eigenvalue weighted by Gasteiger charge is -2.32. The van der Waals surface area contributed by atoms with E-state index in [1.54, 1.807) is 13.0 Å². The van der Waals surface area contributed by atoms with Gasteiger partial charge >= 0.3 is 0 Å². The topological polar surface area (TPSA) is 133 Å². The number of aryl methyl sites for hydroxylation is 1. The number of nitrogens with zero attached hydrogens (tertiary/aromatic N) is 2. The minimum absolute atomic E-state index is 0.0848. The largest absolute Gasteiger partial charge is 0.496 e. The van der Waals surface area contributed by atoms with Gasteiger partial charge in [-0.1, -0.05) is 22.9 Å². The SMILES string of the molecule is COc1cc(N)c(Cl)cc1C(=O)NC1CCN(CCCOc2nc(C)c(C(N)=O)s2)CC1. The first-order valence-electron chi connectivity index (χ1n) is 10.3. The number of carbonyl (C=O) groups excluding carboxylic acids is 2. The van der Waals surface area contributed by atoms with Crippen molar-refractivity contribution in [2.24, 2.45) is 5.73 Å². The summed E-state index contributed by atoms with van der Waals surface area (Å²) >= 11 is 7.25. The van der Waals surface area contributed by atoms with Crippen molar-refractivity contribution in [2.45, 2.75) is 32.2 Å². The van der Waals surface area contributed by atoms with Gasteiger partial charge in [0, 0.05) is 31.7 Å². The molecule has 0 saturated carbocycles. The second-order valence-corrected chi connectivity index (χ2v) is 8.99. The molecule has 1 saturated heterocycles. The van der Waals surface area contributed by atoms with E-state index in [0.717, 1.165) is 38.9 Å². The Morgan fingerprint density at radius 2 is 2.06 bits per heavy atom. The van der Waals surface area contributed by atoms with Gasteiger partial charge in [0.1, 0.15) is 10.6 Å². The lowest BCUT2D eigenvalue weighted by Crippen LogP contribution is -2.45. The highest BCUT2D eigenvalue weighted by molar-refractivity contribution is 7.15. The van der Waals surface area contributed by atoms with Crippen molar-refractivity contribution in [3.05, 3.63) is 33.3 Å². The number of hydrogen-bond acceptors (Lipinski definition) is 8. The molecule has 5 N–H and O–H groups in total. The van der Waals surface area contributed by atoms with Crippen LogP contribution in [0.15, 0.2) is 12.1 Å². The maximum atomic E-state index is 12.7. The molecular formula is C21H28ClN5O4S. The molecule has 174 valence electrons. The Labute approximate surface area is 196 Å². The van der Waals surface area contributed by atoms with Gasteiger partial charge in [0.05, 0.1) is 35.7 Å². The number of hydrogen-bond donors (Lipinski definition) is 3. The molecule has 0 bridgehead atoms. The smallest absolute Gasteiger partial charge is 0.274 e. The monoisotopic (exact) mass is 481 g/mol. The van der Waals surface area contributed by atoms with Crippen LogP contribution < -0.4 is 26.3 Å². The fraction of sp³-hybridized carbons (Fsp3) is 0.476. The van der Waals surface area contributed by atoms with E-state index in [9.17, 15) is 9.59 Å². The highest BCUT2D eigenvalue weighted by Crippen LogP contribution is 2.29. The second-order valence-electron chi connectivity index (χ2n) is 7.62. The van der Waals surface area contributed by atoms with E-state index in [4.69, 9.17) is 32.5 Å². The van der Waals surface area contributed by atoms with Gasteiger partial charge in [0.2, 0.25) is 0 Å². The van der Waals surface area contributed by atoms with Crippen molar-refractivity contribution in [3.8, 4) is 10.9 Å². The van der Waals surface area contributed by atoms with Crippen LogP contribution in [0.5, 0.6) is 10.9 Å². The molecule has 2 amide bonds. The maximum Gasteiger partial charge on any atom is 0.274 e. The normalized spacial score (nSPS) is 14.8. The van der Waals surface area contributed by atoms with E-state index in [-0.39, 0.29) is 11.9 Å². The van der Waals surface area contributed by atoms with Crippen molar-refractivity contribution < 1.29 is 19.1 Å². The summed E-state index contributed by atoms with van der Waals surface area (Å²) in [5.74, 6) is -0.298. The Morgan fingerprint density at radius 1 is 1.34 bits per heavy atom. The Bertz CT molecular complexity index is 975. The number of ether oxygens (including phenoxy) is 2. The fourth-order valence-corrected chi connectivity index (χ4v) is 4.55. The van der Waals surface area contributed by atoms with Gasteiger partial charge in [-0.15, -0.1) is 0 Å². The number of nitrogens with two attached hydrogens (primary N) is 2. The minimum Gasteiger partial charge on any atom is -0.496 e. The lowest BCUT2D eigenvalue weighted by molar-refractivity contribution is 0.0906. The van der Waals surface area contributed by atoms with Crippen LogP contribution in [0.1, 0.15) is 45.0 Å². The van der Waals surface area contributed by atoms with Crippen molar-refractivity contribution in [1.82, 2.24) is 15.2 Å². The van der Waals surface area contributed by atoms with Gasteiger partial charge in [0.25, 0.3) is 17.0 Å². The van der Waals surface area contributed by atoms with Crippen LogP contribution in [0, 0.1) is 6.92 Å². The molecule has 2 aromatic rings. The third kappa shape index (κ3) is 6.02. The van der Waals surface area contributed by atoms with Crippen LogP contribution in [0.2, 0.25) is 5.02 Å². The predicted octanol–water partition coefficient (Wildman–Crippen LogP) is 2.46. The van der Waals surface area contributed by atoms with Gasteiger partial charge < -0.3 is 31.2 Å². The zero-order valence-electron chi connectivity index (χ0n) is 18.2. The van der Waals surface area contributed by atoms with Crippen LogP contribution in [-0.2, 0) is 0 Å². The van der Waals surface area contributed by atoms with E-state index >= 15 is 0 Å². The summed E-state index contributed by atoms with van der Waals surface area (Å²) in [5.41, 5.74) is 12.4. The number of rotatable bonds is 9. The van der Waals surface area contributed by atoms with E-state index < -0.39 is 5.91 Å². The molecule has 2 heterocycles. The number of aromatic nitrogens is 1. The second kappa shape index (κ2) is 10.8. The fourth-order valence-electron chi connectivity index (χ4n) is 3.59. The molecule has 0 unspecified atom stereocenters. The highest BCUT2D eigenvalue weighted by atomic mass is 35.5. The number of benzene rings is 1. The first kappa shape index (κ1) is 24.1. The van der Waals surface area contributed by atoms with E-state index in [0.29, 0.717) is 44.4 Å². The first-order chi connectivity index (χ1) is 15.3. The highest BCUT2D eigenvalue weighted by Gasteiger charge is 2.23. The number of methoxy groups -OCH3 is 1. The Kier molecular flexibility index (Phi) is 8.16. The van der Waals surface area contributed by atoms with E-state index in [1.807, 2.05) is 0 Å². The number of nitrogens with one attached hydrogen (secondary N) is 1. The van der Waals surface area contributed by atoms with Crippen LogP contribution in [-0.4, -0.2) is 61.1 Å². The quantitative estimate of drug-likeness (QED) is 0.370. The molecule has 0 spiro atoms. The average Bonchev–Trinajstić information content (AvgIpc) is 3.14. The van der Waals surface area contributed by atoms with Gasteiger partial charge in [-0.05, 0) is 32.3 Å². The summed E-state index contributed by atoms with van der Waals surface area (Å²) in [6, 6.07) is 3.18. The first-order valence-corrected chi connectivity index (χ1v) is 11.5. The zero-order valence-corrected chi connectivity index (χ0v) is 19.7. The van der Waals surface area contributed by atoms with Gasteiger partial charge in [-0.25, -0.2) is 4.98 Å². The molecule has 11 heteroatoms. The number of halogens is 1. The Balaban J connectivity index is 1.40. The van der Waals surface area contributed by atoms with Crippen molar-refractivity contribution in [3.63, 3.8) is 0 Å². The van der Waals surface area contributed by atoms with Gasteiger partial charge in [-0.2, -0.15) is 0 Å².